The molecule has 2 amide bonds. The highest BCUT2D eigenvalue weighted by Crippen LogP contribution is 2.08. The van der Waals surface area contributed by atoms with Crippen molar-refractivity contribution >= 4 is 17.6 Å². The quantitative estimate of drug-likeness (QED) is 0.703. The summed E-state index contributed by atoms with van der Waals surface area (Å²) in [6, 6.07) is 11.1. The molecule has 0 aliphatic heterocycles. The van der Waals surface area contributed by atoms with Crippen LogP contribution in [0.4, 0.5) is 5.82 Å². The van der Waals surface area contributed by atoms with Gasteiger partial charge in [0.05, 0.1) is 13.0 Å². The first kappa shape index (κ1) is 18.7. The van der Waals surface area contributed by atoms with Crippen LogP contribution in [0.15, 0.2) is 40.9 Å². The molecule has 0 radical (unpaired) electrons. The molecule has 7 nitrogen and oxygen atoms in total. The molecule has 7 heteroatoms. The molecule has 134 valence electrons. The zero-order chi connectivity index (χ0) is 18.1. The fourth-order valence-electron chi connectivity index (χ4n) is 2.36. The number of benzene rings is 1. The van der Waals surface area contributed by atoms with Gasteiger partial charge in [-0.2, -0.15) is 0 Å². The zero-order valence-electron chi connectivity index (χ0n) is 14.5. The summed E-state index contributed by atoms with van der Waals surface area (Å²) in [4.78, 5) is 26.3. The van der Waals surface area contributed by atoms with E-state index in [1.807, 2.05) is 30.3 Å². The fourth-order valence-corrected chi connectivity index (χ4v) is 2.36. The summed E-state index contributed by atoms with van der Waals surface area (Å²) >= 11 is 0. The van der Waals surface area contributed by atoms with E-state index in [0.717, 1.165) is 5.56 Å². The number of hydrogen-bond acceptors (Lipinski definition) is 5. The van der Waals surface area contributed by atoms with E-state index < -0.39 is 0 Å². The van der Waals surface area contributed by atoms with Crippen molar-refractivity contribution in [1.29, 1.82) is 0 Å². The Balaban J connectivity index is 1.96. The van der Waals surface area contributed by atoms with E-state index >= 15 is 0 Å². The van der Waals surface area contributed by atoms with Gasteiger partial charge >= 0.3 is 0 Å². The highest BCUT2D eigenvalue weighted by atomic mass is 16.5. The number of aryl methyl sites for hydroxylation is 1. The highest BCUT2D eigenvalue weighted by Gasteiger charge is 2.18. The van der Waals surface area contributed by atoms with Crippen molar-refractivity contribution in [3.8, 4) is 0 Å². The first-order chi connectivity index (χ1) is 12.1. The second-order valence-corrected chi connectivity index (χ2v) is 5.70. The topological polar surface area (TPSA) is 84.7 Å². The molecule has 0 saturated heterocycles. The summed E-state index contributed by atoms with van der Waals surface area (Å²) in [5.74, 6) is 0.531. The molecule has 0 fully saturated rings. The van der Waals surface area contributed by atoms with Gasteiger partial charge in [0.2, 0.25) is 11.8 Å². The van der Waals surface area contributed by atoms with Gasteiger partial charge in [0.1, 0.15) is 5.76 Å². The summed E-state index contributed by atoms with van der Waals surface area (Å²) in [5.41, 5.74) is 0.914. The van der Waals surface area contributed by atoms with E-state index in [1.54, 1.807) is 20.1 Å². The summed E-state index contributed by atoms with van der Waals surface area (Å²) in [6.07, 6.45) is 0.914. The van der Waals surface area contributed by atoms with Crippen LogP contribution in [0.3, 0.4) is 0 Å². The average Bonchev–Trinajstić information content (AvgIpc) is 2.99. The lowest BCUT2D eigenvalue weighted by Crippen LogP contribution is -2.39. The summed E-state index contributed by atoms with van der Waals surface area (Å²) in [7, 11) is 1.61. The van der Waals surface area contributed by atoms with Gasteiger partial charge < -0.3 is 19.5 Å². The number of hydrogen-bond donors (Lipinski definition) is 1. The fraction of sp³-hybridized carbons (Fsp3) is 0.389. The van der Waals surface area contributed by atoms with Crippen LogP contribution in [0.25, 0.3) is 0 Å². The maximum Gasteiger partial charge on any atom is 0.245 e. The molecule has 0 unspecified atom stereocenters. The van der Waals surface area contributed by atoms with E-state index in [-0.39, 0.29) is 24.8 Å². The zero-order valence-corrected chi connectivity index (χ0v) is 14.5. The molecular formula is C18H23N3O4. The molecule has 1 heterocycles. The second kappa shape index (κ2) is 9.58. The molecule has 1 aromatic heterocycles. The Hall–Kier alpha value is -2.67. The first-order valence-corrected chi connectivity index (χ1v) is 8.12. The van der Waals surface area contributed by atoms with Crippen molar-refractivity contribution in [3.05, 3.63) is 47.7 Å². The van der Waals surface area contributed by atoms with Crippen LogP contribution >= 0.6 is 0 Å². The number of nitrogens with one attached hydrogen (secondary N) is 1. The first-order valence-electron chi connectivity index (χ1n) is 8.12. The Kier molecular flexibility index (Phi) is 7.16. The lowest BCUT2D eigenvalue weighted by molar-refractivity contribution is -0.134. The predicted molar refractivity (Wildman–Crippen MR) is 93.1 cm³/mol. The molecule has 0 saturated carbocycles. The van der Waals surface area contributed by atoms with Gasteiger partial charge in [0.15, 0.2) is 5.82 Å². The number of carbonyl (C=O) groups excluding carboxylic acids is 2. The largest absolute Gasteiger partial charge is 0.385 e. The number of carbonyl (C=O) groups is 2. The summed E-state index contributed by atoms with van der Waals surface area (Å²) in [6.45, 7) is 2.67. The maximum absolute atomic E-state index is 12.6. The van der Waals surface area contributed by atoms with Gasteiger partial charge in [-0.05, 0) is 18.9 Å². The Morgan fingerprint density at radius 3 is 2.68 bits per heavy atom. The number of amides is 2. The van der Waals surface area contributed by atoms with Crippen molar-refractivity contribution in [2.24, 2.45) is 0 Å². The van der Waals surface area contributed by atoms with Gasteiger partial charge in [-0.25, -0.2) is 0 Å². The minimum absolute atomic E-state index is 0.0404. The van der Waals surface area contributed by atoms with Gasteiger partial charge in [-0.3, -0.25) is 9.59 Å². The smallest absolute Gasteiger partial charge is 0.245 e. The number of methoxy groups -OCH3 is 1. The third-order valence-corrected chi connectivity index (χ3v) is 3.56. The molecule has 0 spiro atoms. The Morgan fingerprint density at radius 2 is 2.04 bits per heavy atom. The summed E-state index contributed by atoms with van der Waals surface area (Å²) < 4.78 is 9.95. The maximum atomic E-state index is 12.6. The average molecular weight is 345 g/mol. The van der Waals surface area contributed by atoms with Crippen LogP contribution in [0.1, 0.15) is 17.7 Å². The molecule has 1 N–H and O–H groups in total. The van der Waals surface area contributed by atoms with Gasteiger partial charge in [-0.1, -0.05) is 35.5 Å². The SMILES string of the molecule is COCCCN(CC(=O)Nc1cc(C)on1)C(=O)Cc1ccccc1. The van der Waals surface area contributed by atoms with Crippen molar-refractivity contribution in [2.45, 2.75) is 19.8 Å². The van der Waals surface area contributed by atoms with E-state index in [0.29, 0.717) is 31.2 Å². The number of ether oxygens (including phenoxy) is 1. The minimum Gasteiger partial charge on any atom is -0.385 e. The number of nitrogens with zero attached hydrogens (tertiary/aromatic N) is 2. The van der Waals surface area contributed by atoms with Crippen LogP contribution in [0, 0.1) is 6.92 Å². The second-order valence-electron chi connectivity index (χ2n) is 5.70. The number of aromatic nitrogens is 1. The third kappa shape index (κ3) is 6.39. The Morgan fingerprint density at radius 1 is 1.28 bits per heavy atom. The van der Waals surface area contributed by atoms with Gasteiger partial charge in [-0.15, -0.1) is 0 Å². The van der Waals surface area contributed by atoms with Crippen LogP contribution in [0.2, 0.25) is 0 Å². The van der Waals surface area contributed by atoms with Crippen LogP contribution in [-0.2, 0) is 20.7 Å². The van der Waals surface area contributed by atoms with Crippen molar-refractivity contribution < 1.29 is 18.8 Å². The minimum atomic E-state index is -0.313. The van der Waals surface area contributed by atoms with Crippen molar-refractivity contribution in [2.75, 3.05) is 32.1 Å². The molecular weight excluding hydrogens is 322 g/mol. The molecule has 25 heavy (non-hydrogen) atoms. The van der Waals surface area contributed by atoms with Crippen LogP contribution < -0.4 is 5.32 Å². The molecule has 2 rings (SSSR count). The van der Waals surface area contributed by atoms with Gasteiger partial charge in [0, 0.05) is 26.3 Å². The molecule has 0 aliphatic carbocycles. The van der Waals surface area contributed by atoms with Crippen molar-refractivity contribution in [1.82, 2.24) is 10.1 Å². The third-order valence-electron chi connectivity index (χ3n) is 3.56. The standard InChI is InChI=1S/C18H23N3O4/c1-14-11-16(20-25-14)19-17(22)13-21(9-6-10-24-2)18(23)12-15-7-4-3-5-8-15/h3-5,7-8,11H,6,9-10,12-13H2,1-2H3,(H,19,20,22). The number of rotatable bonds is 9. The molecule has 0 atom stereocenters. The van der Waals surface area contributed by atoms with Gasteiger partial charge in [0.25, 0.3) is 0 Å². The summed E-state index contributed by atoms with van der Waals surface area (Å²) in [5, 5.41) is 6.35. The normalized spacial score (nSPS) is 10.5. The highest BCUT2D eigenvalue weighted by molar-refractivity contribution is 5.94. The molecule has 0 bridgehead atoms. The lowest BCUT2D eigenvalue weighted by Gasteiger charge is -2.22. The molecule has 1 aromatic carbocycles. The molecule has 0 aliphatic rings. The number of anilines is 1. The lowest BCUT2D eigenvalue weighted by atomic mass is 10.1. The van der Waals surface area contributed by atoms with E-state index in [1.165, 1.54) is 4.90 Å². The van der Waals surface area contributed by atoms with E-state index in [9.17, 15) is 9.59 Å². The Bertz CT molecular complexity index is 685. The van der Waals surface area contributed by atoms with E-state index in [2.05, 4.69) is 10.5 Å². The monoisotopic (exact) mass is 345 g/mol. The van der Waals surface area contributed by atoms with Crippen LogP contribution in [-0.4, -0.2) is 48.7 Å². The van der Waals surface area contributed by atoms with Crippen molar-refractivity contribution in [3.63, 3.8) is 0 Å². The predicted octanol–water partition coefficient (Wildman–Crippen LogP) is 2.03. The molecule has 2 aromatic rings. The Labute approximate surface area is 146 Å². The van der Waals surface area contributed by atoms with E-state index in [4.69, 9.17) is 9.26 Å². The van der Waals surface area contributed by atoms with Crippen LogP contribution in [0.5, 0.6) is 0 Å².